The molecule has 3 aromatic rings. The highest BCUT2D eigenvalue weighted by molar-refractivity contribution is 6.19. The number of hydrogen-bond acceptors (Lipinski definition) is 7. The maximum atomic E-state index is 12.2. The molecule has 0 atom stereocenters. The van der Waals surface area contributed by atoms with Gasteiger partial charge in [0, 0.05) is 38.1 Å². The number of pyridine rings is 1. The van der Waals surface area contributed by atoms with Crippen molar-refractivity contribution in [1.29, 1.82) is 5.41 Å². The quantitative estimate of drug-likeness (QED) is 0.304. The fraction of sp³-hybridized carbons (Fsp3) is 0.276. The Morgan fingerprint density at radius 2 is 1.78 bits per heavy atom. The van der Waals surface area contributed by atoms with Crippen LogP contribution in [0.25, 0.3) is 0 Å². The Morgan fingerprint density at radius 1 is 1.10 bits per heavy atom. The lowest BCUT2D eigenvalue weighted by atomic mass is 10.0. The number of amidine groups is 1. The van der Waals surface area contributed by atoms with E-state index in [4.69, 9.17) is 15.9 Å². The lowest BCUT2D eigenvalue weighted by Gasteiger charge is -2.09. The molecule has 216 valence electrons. The number of aromatic nitrogens is 1. The molecule has 1 fully saturated rings. The molecule has 4 N–H and O–H groups in total. The van der Waals surface area contributed by atoms with E-state index >= 15 is 0 Å². The summed E-state index contributed by atoms with van der Waals surface area (Å²) in [6, 6.07) is 19.2. The maximum Gasteiger partial charge on any atom is 0.417 e. The van der Waals surface area contributed by atoms with Crippen molar-refractivity contribution in [2.75, 3.05) is 32.6 Å². The first-order chi connectivity index (χ1) is 19.6. The number of alkyl halides is 3. The van der Waals surface area contributed by atoms with E-state index in [0.717, 1.165) is 47.2 Å². The molecule has 1 saturated carbocycles. The SMILES string of the molecule is CN=C(N)OC(=N)c1ccc(C(F)(F)F)cn1.COCC1CC1.O=C1CN=C(c2ccccc2)c2ccccc2N1. The van der Waals surface area contributed by atoms with Gasteiger partial charge in [-0.3, -0.25) is 20.2 Å². The van der Waals surface area contributed by atoms with Crippen LogP contribution in [0.1, 0.15) is 35.2 Å². The van der Waals surface area contributed by atoms with E-state index in [1.54, 1.807) is 7.11 Å². The topological polar surface area (TPSA) is 135 Å². The molecule has 2 aromatic carbocycles. The Morgan fingerprint density at radius 3 is 2.34 bits per heavy atom. The van der Waals surface area contributed by atoms with E-state index in [9.17, 15) is 18.0 Å². The number of anilines is 1. The van der Waals surface area contributed by atoms with Crippen molar-refractivity contribution in [1.82, 2.24) is 4.98 Å². The Labute approximate surface area is 235 Å². The van der Waals surface area contributed by atoms with Crippen LogP contribution in [0.3, 0.4) is 0 Å². The molecule has 1 amide bonds. The molecule has 0 spiro atoms. The van der Waals surface area contributed by atoms with Crippen molar-refractivity contribution < 1.29 is 27.4 Å². The van der Waals surface area contributed by atoms with Crippen LogP contribution >= 0.6 is 0 Å². The number of benzodiazepines with no additional fused rings is 1. The highest BCUT2D eigenvalue weighted by Crippen LogP contribution is 2.29. The summed E-state index contributed by atoms with van der Waals surface area (Å²) < 4.78 is 46.2. The van der Waals surface area contributed by atoms with Crippen molar-refractivity contribution in [3.05, 3.63) is 95.3 Å². The van der Waals surface area contributed by atoms with E-state index in [1.165, 1.54) is 19.9 Å². The Kier molecular flexibility index (Phi) is 11.1. The number of methoxy groups -OCH3 is 1. The molecule has 0 radical (unpaired) electrons. The number of hydrogen-bond donors (Lipinski definition) is 3. The Balaban J connectivity index is 0.000000188. The molecule has 12 heteroatoms. The number of rotatable bonds is 4. The van der Waals surface area contributed by atoms with Crippen LogP contribution in [0, 0.1) is 11.3 Å². The van der Waals surface area contributed by atoms with Crippen molar-refractivity contribution in [3.8, 4) is 0 Å². The van der Waals surface area contributed by atoms with Crippen LogP contribution in [-0.4, -0.2) is 55.8 Å². The van der Waals surface area contributed by atoms with Crippen molar-refractivity contribution in [2.45, 2.75) is 19.0 Å². The summed E-state index contributed by atoms with van der Waals surface area (Å²) in [6.45, 7) is 1.15. The summed E-state index contributed by atoms with van der Waals surface area (Å²) in [6.07, 6.45) is -1.05. The standard InChI is InChI=1S/C15H12N2O.C9H9F3N4O.C5H10O/c18-14-10-16-15(11-6-2-1-3-7-11)12-8-4-5-9-13(12)17-14;1-15-8(14)17-7(13)6-3-2-5(4-16-6)9(10,11)12;1-6-4-5-2-3-5/h1-9H,10H2,(H,17,18);2-4,13H,1H3,(H2,14,15);5H,2-4H2,1H3. The van der Waals surface area contributed by atoms with Crippen LogP contribution in [0.2, 0.25) is 0 Å². The summed E-state index contributed by atoms with van der Waals surface area (Å²) >= 11 is 0. The molecular weight excluding hydrogens is 537 g/mol. The van der Waals surface area contributed by atoms with Crippen molar-refractivity contribution >= 4 is 29.2 Å². The number of nitrogens with one attached hydrogen (secondary N) is 2. The first-order valence-corrected chi connectivity index (χ1v) is 12.6. The number of para-hydroxylation sites is 1. The largest absolute Gasteiger partial charge is 0.417 e. The molecule has 0 saturated heterocycles. The van der Waals surface area contributed by atoms with Gasteiger partial charge >= 0.3 is 6.18 Å². The van der Waals surface area contributed by atoms with Gasteiger partial charge in [-0.15, -0.1) is 0 Å². The van der Waals surface area contributed by atoms with Gasteiger partial charge in [-0.25, -0.2) is 4.99 Å². The maximum absolute atomic E-state index is 12.2. The number of nitrogens with zero attached hydrogens (tertiary/aromatic N) is 3. The molecule has 2 heterocycles. The molecule has 1 aliphatic carbocycles. The minimum absolute atomic E-state index is 0.0652. The number of fused-ring (bicyclic) bond motifs is 1. The number of amides is 1. The number of ether oxygens (including phenoxy) is 2. The van der Waals surface area contributed by atoms with Gasteiger partial charge in [-0.1, -0.05) is 48.5 Å². The number of nitrogens with two attached hydrogens (primary N) is 1. The number of carbonyl (C=O) groups excluding carboxylic acids is 1. The molecule has 0 bridgehead atoms. The van der Waals surface area contributed by atoms with E-state index in [2.05, 4.69) is 25.0 Å². The van der Waals surface area contributed by atoms with Gasteiger partial charge in [0.15, 0.2) is 0 Å². The lowest BCUT2D eigenvalue weighted by Crippen LogP contribution is -2.21. The highest BCUT2D eigenvalue weighted by Gasteiger charge is 2.30. The third-order valence-electron chi connectivity index (χ3n) is 5.73. The minimum Gasteiger partial charge on any atom is -0.405 e. The molecule has 0 unspecified atom stereocenters. The molecule has 1 aromatic heterocycles. The third kappa shape index (κ3) is 9.84. The van der Waals surface area contributed by atoms with Crippen molar-refractivity contribution in [2.24, 2.45) is 21.6 Å². The second-order valence-corrected chi connectivity index (χ2v) is 8.95. The fourth-order valence-electron chi connectivity index (χ4n) is 3.49. The first kappa shape index (κ1) is 31.0. The number of carbonyl (C=O) groups is 1. The van der Waals surface area contributed by atoms with Gasteiger partial charge in [0.2, 0.25) is 11.8 Å². The van der Waals surface area contributed by atoms with Crippen LogP contribution in [-0.2, 0) is 20.4 Å². The van der Waals surface area contributed by atoms with E-state index in [1.807, 2.05) is 54.6 Å². The molecule has 5 rings (SSSR count). The van der Waals surface area contributed by atoms with E-state index < -0.39 is 17.6 Å². The van der Waals surface area contributed by atoms with Gasteiger partial charge in [0.1, 0.15) is 12.2 Å². The van der Waals surface area contributed by atoms with Gasteiger partial charge in [-0.2, -0.15) is 13.2 Å². The van der Waals surface area contributed by atoms with E-state index in [0.29, 0.717) is 6.20 Å². The molecule has 1 aliphatic heterocycles. The predicted octanol–water partition coefficient (Wildman–Crippen LogP) is 4.91. The molecular formula is C29H31F3N6O3. The van der Waals surface area contributed by atoms with Crippen molar-refractivity contribution in [3.63, 3.8) is 0 Å². The first-order valence-electron chi connectivity index (χ1n) is 12.6. The zero-order chi connectivity index (χ0) is 29.8. The number of benzene rings is 2. The van der Waals surface area contributed by atoms with Gasteiger partial charge in [0.05, 0.1) is 17.0 Å². The fourth-order valence-corrected chi connectivity index (χ4v) is 3.49. The smallest absolute Gasteiger partial charge is 0.405 e. The monoisotopic (exact) mass is 568 g/mol. The number of halogens is 3. The summed E-state index contributed by atoms with van der Waals surface area (Å²) in [5.74, 6) is 0.380. The average Bonchev–Trinajstić information content (AvgIpc) is 3.80. The van der Waals surface area contributed by atoms with Gasteiger partial charge in [-0.05, 0) is 37.0 Å². The highest BCUT2D eigenvalue weighted by atomic mass is 19.4. The summed E-state index contributed by atoms with van der Waals surface area (Å²) in [7, 11) is 3.11. The summed E-state index contributed by atoms with van der Waals surface area (Å²) in [5.41, 5.74) is 7.91. The van der Waals surface area contributed by atoms with Gasteiger partial charge < -0.3 is 20.5 Å². The minimum atomic E-state index is -4.46. The van der Waals surface area contributed by atoms with Crippen LogP contribution < -0.4 is 11.1 Å². The molecule has 2 aliphatic rings. The summed E-state index contributed by atoms with van der Waals surface area (Å²) in [5, 5.41) is 10.2. The second kappa shape index (κ2) is 14.7. The van der Waals surface area contributed by atoms with Crippen LogP contribution in [0.5, 0.6) is 0 Å². The predicted molar refractivity (Wildman–Crippen MR) is 151 cm³/mol. The Hall–Kier alpha value is -4.58. The zero-order valence-electron chi connectivity index (χ0n) is 22.6. The third-order valence-corrected chi connectivity index (χ3v) is 5.73. The normalized spacial score (nSPS) is 14.5. The van der Waals surface area contributed by atoms with E-state index in [-0.39, 0.29) is 24.2 Å². The molecule has 9 nitrogen and oxygen atoms in total. The van der Waals surface area contributed by atoms with Crippen LogP contribution in [0.15, 0.2) is 82.9 Å². The lowest BCUT2D eigenvalue weighted by molar-refractivity contribution is -0.137. The average molecular weight is 569 g/mol. The summed E-state index contributed by atoms with van der Waals surface area (Å²) in [4.78, 5) is 22.9. The number of aliphatic imine (C=N–C) groups is 2. The molecule has 41 heavy (non-hydrogen) atoms. The van der Waals surface area contributed by atoms with Crippen LogP contribution in [0.4, 0.5) is 18.9 Å². The van der Waals surface area contributed by atoms with Gasteiger partial charge in [0.25, 0.3) is 6.02 Å². The Bertz CT molecular complexity index is 1370. The second-order valence-electron chi connectivity index (χ2n) is 8.95. The zero-order valence-corrected chi connectivity index (χ0v) is 22.6.